The minimum absolute atomic E-state index is 0.157. The standard InChI is InChI=1S/C12H25NO3S/c1-2-3-8-16-9-5-7-13-12-6-4-10-17(14,15)11-12/h12-13H,2-11H2,1H3. The Morgan fingerprint density at radius 2 is 2.06 bits per heavy atom. The molecule has 0 aliphatic carbocycles. The van der Waals surface area contributed by atoms with Gasteiger partial charge in [0.15, 0.2) is 9.84 Å². The van der Waals surface area contributed by atoms with Crippen LogP contribution in [-0.4, -0.2) is 45.7 Å². The molecule has 1 saturated heterocycles. The summed E-state index contributed by atoms with van der Waals surface area (Å²) in [6.07, 6.45) is 5.02. The first-order chi connectivity index (χ1) is 8.14. The molecule has 0 amide bonds. The summed E-state index contributed by atoms with van der Waals surface area (Å²) in [7, 11) is -2.78. The second kappa shape index (κ2) is 8.06. The zero-order valence-electron chi connectivity index (χ0n) is 10.8. The van der Waals surface area contributed by atoms with E-state index in [-0.39, 0.29) is 6.04 Å². The Bertz CT molecular complexity index is 290. The van der Waals surface area contributed by atoms with E-state index in [1.807, 2.05) is 0 Å². The smallest absolute Gasteiger partial charge is 0.151 e. The molecule has 1 rings (SSSR count). The van der Waals surface area contributed by atoms with Gasteiger partial charge in [0.1, 0.15) is 0 Å². The molecule has 0 aromatic rings. The van der Waals surface area contributed by atoms with Gasteiger partial charge >= 0.3 is 0 Å². The molecule has 4 nitrogen and oxygen atoms in total. The molecule has 0 spiro atoms. The lowest BCUT2D eigenvalue weighted by atomic mass is 10.2. The van der Waals surface area contributed by atoms with Crippen LogP contribution in [0.3, 0.4) is 0 Å². The van der Waals surface area contributed by atoms with Gasteiger partial charge < -0.3 is 10.1 Å². The quantitative estimate of drug-likeness (QED) is 0.672. The highest BCUT2D eigenvalue weighted by molar-refractivity contribution is 7.91. The van der Waals surface area contributed by atoms with E-state index >= 15 is 0 Å². The molecule has 1 unspecified atom stereocenters. The molecular weight excluding hydrogens is 238 g/mol. The summed E-state index contributed by atoms with van der Waals surface area (Å²) in [5.74, 6) is 0.676. The van der Waals surface area contributed by atoms with Crippen LogP contribution in [0, 0.1) is 0 Å². The maximum Gasteiger partial charge on any atom is 0.151 e. The van der Waals surface area contributed by atoms with Crippen molar-refractivity contribution >= 4 is 9.84 Å². The topological polar surface area (TPSA) is 55.4 Å². The van der Waals surface area contributed by atoms with Gasteiger partial charge in [-0.25, -0.2) is 8.42 Å². The van der Waals surface area contributed by atoms with Gasteiger partial charge in [-0.3, -0.25) is 0 Å². The lowest BCUT2D eigenvalue weighted by Crippen LogP contribution is -2.40. The van der Waals surface area contributed by atoms with Crippen molar-refractivity contribution in [2.75, 3.05) is 31.3 Å². The number of sulfone groups is 1. The zero-order chi connectivity index (χ0) is 12.6. The van der Waals surface area contributed by atoms with E-state index in [0.29, 0.717) is 11.5 Å². The molecule has 17 heavy (non-hydrogen) atoms. The van der Waals surface area contributed by atoms with Crippen LogP contribution in [0.1, 0.15) is 39.0 Å². The van der Waals surface area contributed by atoms with Crippen molar-refractivity contribution in [3.8, 4) is 0 Å². The van der Waals surface area contributed by atoms with Gasteiger partial charge in [0.05, 0.1) is 11.5 Å². The van der Waals surface area contributed by atoms with E-state index in [0.717, 1.165) is 51.9 Å². The van der Waals surface area contributed by atoms with Crippen LogP contribution < -0.4 is 5.32 Å². The van der Waals surface area contributed by atoms with Crippen LogP contribution in [-0.2, 0) is 14.6 Å². The molecule has 0 aromatic heterocycles. The van der Waals surface area contributed by atoms with Crippen molar-refractivity contribution in [2.45, 2.75) is 45.1 Å². The number of rotatable bonds is 8. The summed E-state index contributed by atoms with van der Waals surface area (Å²) < 4.78 is 28.3. The fourth-order valence-electron chi connectivity index (χ4n) is 2.01. The average Bonchev–Trinajstić information content (AvgIpc) is 2.27. The van der Waals surface area contributed by atoms with E-state index in [1.54, 1.807) is 0 Å². The van der Waals surface area contributed by atoms with Gasteiger partial charge in [0.25, 0.3) is 0 Å². The number of unbranched alkanes of at least 4 members (excludes halogenated alkanes) is 1. The molecule has 5 heteroatoms. The second-order valence-electron chi connectivity index (χ2n) is 4.73. The van der Waals surface area contributed by atoms with Gasteiger partial charge in [0.2, 0.25) is 0 Å². The van der Waals surface area contributed by atoms with Crippen molar-refractivity contribution in [3.05, 3.63) is 0 Å². The largest absolute Gasteiger partial charge is 0.381 e. The van der Waals surface area contributed by atoms with Crippen LogP contribution in [0.25, 0.3) is 0 Å². The normalized spacial score (nSPS) is 23.7. The van der Waals surface area contributed by atoms with Crippen LogP contribution in [0.4, 0.5) is 0 Å². The average molecular weight is 263 g/mol. The molecule has 1 heterocycles. The Hall–Kier alpha value is -0.130. The maximum absolute atomic E-state index is 11.4. The first kappa shape index (κ1) is 14.9. The van der Waals surface area contributed by atoms with E-state index < -0.39 is 9.84 Å². The van der Waals surface area contributed by atoms with Gasteiger partial charge in [-0.05, 0) is 32.2 Å². The number of ether oxygens (including phenoxy) is 1. The number of nitrogens with one attached hydrogen (secondary N) is 1. The van der Waals surface area contributed by atoms with Crippen LogP contribution in [0.5, 0.6) is 0 Å². The van der Waals surface area contributed by atoms with Crippen LogP contribution >= 0.6 is 0 Å². The molecule has 0 aromatic carbocycles. The minimum atomic E-state index is -2.78. The molecule has 1 N–H and O–H groups in total. The SMILES string of the molecule is CCCCOCCCNC1CCCS(=O)(=O)C1. The predicted octanol–water partition coefficient (Wildman–Crippen LogP) is 1.36. The fourth-order valence-corrected chi connectivity index (χ4v) is 3.68. The van der Waals surface area contributed by atoms with E-state index in [1.165, 1.54) is 0 Å². The maximum atomic E-state index is 11.4. The molecule has 1 atom stereocenters. The lowest BCUT2D eigenvalue weighted by molar-refractivity contribution is 0.128. The summed E-state index contributed by atoms with van der Waals surface area (Å²) in [6.45, 7) is 4.61. The number of hydrogen-bond acceptors (Lipinski definition) is 4. The van der Waals surface area contributed by atoms with Crippen molar-refractivity contribution in [2.24, 2.45) is 0 Å². The van der Waals surface area contributed by atoms with Crippen molar-refractivity contribution in [1.82, 2.24) is 5.32 Å². The second-order valence-corrected chi connectivity index (χ2v) is 6.96. The molecule has 1 aliphatic rings. The summed E-state index contributed by atoms with van der Waals surface area (Å²) in [5.41, 5.74) is 0. The molecule has 0 saturated carbocycles. The number of hydrogen-bond donors (Lipinski definition) is 1. The zero-order valence-corrected chi connectivity index (χ0v) is 11.6. The summed E-state index contributed by atoms with van der Waals surface area (Å²) >= 11 is 0. The van der Waals surface area contributed by atoms with Gasteiger partial charge in [-0.1, -0.05) is 13.3 Å². The third kappa shape index (κ3) is 7.01. The molecule has 0 radical (unpaired) electrons. The monoisotopic (exact) mass is 263 g/mol. The molecular formula is C12H25NO3S. The van der Waals surface area contributed by atoms with Crippen LogP contribution in [0.15, 0.2) is 0 Å². The minimum Gasteiger partial charge on any atom is -0.381 e. The molecule has 1 fully saturated rings. The molecule has 1 aliphatic heterocycles. The summed E-state index contributed by atoms with van der Waals surface area (Å²) in [6, 6.07) is 0.157. The summed E-state index contributed by atoms with van der Waals surface area (Å²) in [4.78, 5) is 0. The molecule has 0 bridgehead atoms. The Morgan fingerprint density at radius 1 is 1.29 bits per heavy atom. The highest BCUT2D eigenvalue weighted by atomic mass is 32.2. The highest BCUT2D eigenvalue weighted by Crippen LogP contribution is 2.11. The van der Waals surface area contributed by atoms with Gasteiger partial charge in [-0.15, -0.1) is 0 Å². The van der Waals surface area contributed by atoms with E-state index in [2.05, 4.69) is 12.2 Å². The third-order valence-electron chi connectivity index (χ3n) is 3.00. The first-order valence-corrected chi connectivity index (χ1v) is 8.48. The molecule has 102 valence electrons. The van der Waals surface area contributed by atoms with E-state index in [4.69, 9.17) is 4.74 Å². The first-order valence-electron chi connectivity index (χ1n) is 6.65. The predicted molar refractivity (Wildman–Crippen MR) is 70.0 cm³/mol. The van der Waals surface area contributed by atoms with Crippen LogP contribution in [0.2, 0.25) is 0 Å². The summed E-state index contributed by atoms with van der Waals surface area (Å²) in [5, 5.41) is 3.31. The fraction of sp³-hybridized carbons (Fsp3) is 1.00. The van der Waals surface area contributed by atoms with Crippen molar-refractivity contribution in [1.29, 1.82) is 0 Å². The van der Waals surface area contributed by atoms with Gasteiger partial charge in [0, 0.05) is 19.3 Å². The Balaban J connectivity index is 1.99. The van der Waals surface area contributed by atoms with Crippen molar-refractivity contribution in [3.63, 3.8) is 0 Å². The van der Waals surface area contributed by atoms with Gasteiger partial charge in [-0.2, -0.15) is 0 Å². The Labute approximate surface area is 105 Å². The Kier molecular flexibility index (Phi) is 7.08. The highest BCUT2D eigenvalue weighted by Gasteiger charge is 2.23. The van der Waals surface area contributed by atoms with Crippen molar-refractivity contribution < 1.29 is 13.2 Å². The Morgan fingerprint density at radius 3 is 2.76 bits per heavy atom. The third-order valence-corrected chi connectivity index (χ3v) is 4.82. The van der Waals surface area contributed by atoms with E-state index in [9.17, 15) is 8.42 Å². The lowest BCUT2D eigenvalue weighted by Gasteiger charge is -2.23.